The third kappa shape index (κ3) is 3.05. The second-order valence-electron chi connectivity index (χ2n) is 9.03. The molecule has 1 heterocycles. The highest BCUT2D eigenvalue weighted by molar-refractivity contribution is 9.10. The monoisotopic (exact) mass is 513 g/mol. The fraction of sp³-hybridized carbons (Fsp3) is 0.0312. The maximum absolute atomic E-state index is 13.2. The van der Waals surface area contributed by atoms with Crippen molar-refractivity contribution in [2.75, 3.05) is 4.90 Å². The first kappa shape index (κ1) is 20.4. The molecule has 0 aromatic heterocycles. The number of rotatable bonds is 2. The van der Waals surface area contributed by atoms with E-state index in [1.54, 1.807) is 0 Å². The number of anilines is 2. The van der Waals surface area contributed by atoms with E-state index in [2.05, 4.69) is 99.7 Å². The smallest absolute Gasteiger partial charge is 0.194 e. The highest BCUT2D eigenvalue weighted by Crippen LogP contribution is 2.49. The van der Waals surface area contributed by atoms with E-state index in [1.165, 1.54) is 28.1 Å². The van der Waals surface area contributed by atoms with Crippen LogP contribution in [0.2, 0.25) is 0 Å². The Balaban J connectivity index is 1.46. The molecule has 0 saturated heterocycles. The summed E-state index contributed by atoms with van der Waals surface area (Å²) >= 11 is 3.71. The molecule has 2 nitrogen and oxygen atoms in total. The van der Waals surface area contributed by atoms with Crippen LogP contribution in [0.4, 0.5) is 11.4 Å². The molecule has 0 fully saturated rings. The van der Waals surface area contributed by atoms with Crippen LogP contribution in [0.5, 0.6) is 0 Å². The minimum atomic E-state index is 0.0942. The molecule has 1 aliphatic carbocycles. The first-order chi connectivity index (χ1) is 17.2. The summed E-state index contributed by atoms with van der Waals surface area (Å²) in [6.07, 6.45) is 0. The quantitative estimate of drug-likeness (QED) is 0.231. The Labute approximate surface area is 212 Å². The predicted molar refractivity (Wildman–Crippen MR) is 146 cm³/mol. The van der Waals surface area contributed by atoms with Gasteiger partial charge in [0.25, 0.3) is 0 Å². The summed E-state index contributed by atoms with van der Waals surface area (Å²) in [6, 6.07) is 37.9. The fourth-order valence-corrected chi connectivity index (χ4v) is 6.10. The lowest BCUT2D eigenvalue weighted by Crippen LogP contribution is -2.21. The molecule has 0 radical (unpaired) electrons. The van der Waals surface area contributed by atoms with Crippen LogP contribution in [0.25, 0.3) is 33.4 Å². The highest BCUT2D eigenvalue weighted by Gasteiger charge is 2.31. The van der Waals surface area contributed by atoms with Crippen molar-refractivity contribution >= 4 is 33.1 Å². The van der Waals surface area contributed by atoms with E-state index in [0.717, 1.165) is 44.4 Å². The van der Waals surface area contributed by atoms with Crippen molar-refractivity contribution in [1.29, 1.82) is 0 Å². The number of nitrogens with zero attached hydrogens (tertiary/aromatic N) is 1. The maximum Gasteiger partial charge on any atom is 0.194 e. The number of fused-ring (bicyclic) bond motifs is 6. The van der Waals surface area contributed by atoms with Gasteiger partial charge < -0.3 is 4.90 Å². The van der Waals surface area contributed by atoms with E-state index in [-0.39, 0.29) is 5.78 Å². The van der Waals surface area contributed by atoms with Crippen LogP contribution in [0.1, 0.15) is 21.5 Å². The van der Waals surface area contributed by atoms with Crippen molar-refractivity contribution in [2.24, 2.45) is 0 Å². The Morgan fingerprint density at radius 3 is 2.14 bits per heavy atom. The van der Waals surface area contributed by atoms with Crippen molar-refractivity contribution in [3.8, 4) is 33.4 Å². The first-order valence-corrected chi connectivity index (χ1v) is 12.5. The van der Waals surface area contributed by atoms with Crippen LogP contribution >= 0.6 is 15.9 Å². The summed E-state index contributed by atoms with van der Waals surface area (Å²) < 4.78 is 0.952. The Morgan fingerprint density at radius 2 is 1.29 bits per heavy atom. The topological polar surface area (TPSA) is 20.3 Å². The van der Waals surface area contributed by atoms with Crippen molar-refractivity contribution in [3.63, 3.8) is 0 Å². The van der Waals surface area contributed by atoms with Gasteiger partial charge in [0.15, 0.2) is 5.78 Å². The molecule has 7 rings (SSSR count). The minimum absolute atomic E-state index is 0.0942. The summed E-state index contributed by atoms with van der Waals surface area (Å²) in [6.45, 7) is 0.835. The van der Waals surface area contributed by atoms with Gasteiger partial charge in [-0.25, -0.2) is 0 Å². The van der Waals surface area contributed by atoms with Crippen LogP contribution in [-0.4, -0.2) is 5.78 Å². The molecule has 1 aliphatic heterocycles. The zero-order valence-electron chi connectivity index (χ0n) is 18.8. The number of halogens is 1. The van der Waals surface area contributed by atoms with Crippen molar-refractivity contribution in [3.05, 3.63) is 130 Å². The number of carbonyl (C=O) groups is 1. The van der Waals surface area contributed by atoms with Gasteiger partial charge in [0, 0.05) is 50.2 Å². The molecule has 0 saturated carbocycles. The normalized spacial score (nSPS) is 13.2. The van der Waals surface area contributed by atoms with Crippen molar-refractivity contribution in [2.45, 2.75) is 6.54 Å². The summed E-state index contributed by atoms with van der Waals surface area (Å²) in [7, 11) is 0. The van der Waals surface area contributed by atoms with Gasteiger partial charge in [-0.15, -0.1) is 0 Å². The summed E-state index contributed by atoms with van der Waals surface area (Å²) in [5, 5.41) is 0. The molecule has 0 spiro atoms. The van der Waals surface area contributed by atoms with Gasteiger partial charge in [0.05, 0.1) is 0 Å². The van der Waals surface area contributed by atoms with Crippen molar-refractivity contribution in [1.82, 2.24) is 0 Å². The Bertz CT molecular complexity index is 1650. The molecule has 35 heavy (non-hydrogen) atoms. The molecule has 0 unspecified atom stereocenters. The number of benzene rings is 5. The van der Waals surface area contributed by atoms with E-state index in [0.29, 0.717) is 0 Å². The van der Waals surface area contributed by atoms with Gasteiger partial charge in [0.1, 0.15) is 0 Å². The average Bonchev–Trinajstić information content (AvgIpc) is 3.21. The van der Waals surface area contributed by atoms with Crippen LogP contribution in [-0.2, 0) is 6.54 Å². The number of para-hydroxylation sites is 1. The van der Waals surface area contributed by atoms with Crippen LogP contribution in [0.15, 0.2) is 114 Å². The van der Waals surface area contributed by atoms with E-state index in [9.17, 15) is 4.79 Å². The van der Waals surface area contributed by atoms with Crippen LogP contribution < -0.4 is 4.90 Å². The largest absolute Gasteiger partial charge is 0.336 e. The average molecular weight is 514 g/mol. The van der Waals surface area contributed by atoms with Gasteiger partial charge in [0.2, 0.25) is 0 Å². The molecule has 0 bridgehead atoms. The van der Waals surface area contributed by atoms with E-state index in [1.807, 2.05) is 30.3 Å². The number of hydrogen-bond donors (Lipinski definition) is 0. The summed E-state index contributed by atoms with van der Waals surface area (Å²) in [4.78, 5) is 15.6. The van der Waals surface area contributed by atoms with Gasteiger partial charge in [-0.2, -0.15) is 0 Å². The van der Waals surface area contributed by atoms with Gasteiger partial charge in [-0.05, 0) is 52.6 Å². The molecule has 166 valence electrons. The lowest BCUT2D eigenvalue weighted by atomic mass is 9.88. The minimum Gasteiger partial charge on any atom is -0.336 e. The molecule has 3 heteroatoms. The molecule has 5 aromatic carbocycles. The molecular formula is C32H20BrNO. The van der Waals surface area contributed by atoms with E-state index >= 15 is 0 Å². The Kier molecular flexibility index (Phi) is 4.55. The van der Waals surface area contributed by atoms with Gasteiger partial charge >= 0.3 is 0 Å². The maximum atomic E-state index is 13.2. The highest BCUT2D eigenvalue weighted by atomic mass is 79.9. The predicted octanol–water partition coefficient (Wildman–Crippen LogP) is 8.65. The molecule has 5 aromatic rings. The second kappa shape index (κ2) is 7.79. The first-order valence-electron chi connectivity index (χ1n) is 11.7. The Morgan fingerprint density at radius 1 is 0.600 bits per heavy atom. The third-order valence-electron chi connectivity index (χ3n) is 7.12. The molecule has 0 atom stereocenters. The zero-order chi connectivity index (χ0) is 23.5. The second-order valence-corrected chi connectivity index (χ2v) is 9.88. The molecule has 0 amide bonds. The molecule has 0 N–H and O–H groups in total. The summed E-state index contributed by atoms with van der Waals surface area (Å²) in [5.41, 5.74) is 11.9. The Hall–Kier alpha value is -3.95. The molecule has 2 aliphatic rings. The number of hydrogen-bond acceptors (Lipinski definition) is 2. The van der Waals surface area contributed by atoms with E-state index < -0.39 is 0 Å². The standard InChI is InChI=1S/C32H20BrNO/c33-28-15-7-14-26-31(28)30-24(12-6-13-25(30)32(26)35)20-16-17-29-27(18-20)23-11-5-4-8-21(23)19-34(29)22-9-2-1-3-10-22/h1-18H,19H2. The van der Waals surface area contributed by atoms with Crippen LogP contribution in [0, 0.1) is 0 Å². The van der Waals surface area contributed by atoms with Gasteiger partial charge in [-0.1, -0.05) is 94.8 Å². The lowest BCUT2D eigenvalue weighted by Gasteiger charge is -2.33. The lowest BCUT2D eigenvalue weighted by molar-refractivity contribution is 0.104. The number of ketones is 1. The SMILES string of the molecule is O=C1c2cccc(Br)c2-c2c1cccc2-c1ccc2c(c1)-c1ccccc1CN2c1ccccc1. The summed E-state index contributed by atoms with van der Waals surface area (Å²) in [5.74, 6) is 0.0942. The van der Waals surface area contributed by atoms with Crippen LogP contribution in [0.3, 0.4) is 0 Å². The number of carbonyl (C=O) groups excluding carboxylic acids is 1. The molecular weight excluding hydrogens is 494 g/mol. The van der Waals surface area contributed by atoms with E-state index in [4.69, 9.17) is 0 Å². The fourth-order valence-electron chi connectivity index (χ4n) is 5.53. The third-order valence-corrected chi connectivity index (χ3v) is 7.78. The van der Waals surface area contributed by atoms with Crippen molar-refractivity contribution < 1.29 is 4.79 Å². The zero-order valence-corrected chi connectivity index (χ0v) is 20.4. The van der Waals surface area contributed by atoms with Gasteiger partial charge in [-0.3, -0.25) is 4.79 Å².